The smallest absolute Gasteiger partial charge is 0.336 e. The fraction of sp³-hybridized carbons (Fsp3) is 0.100. The Kier molecular flexibility index (Phi) is 8.98. The maximum absolute atomic E-state index is 13.4. The largest absolute Gasteiger partial charge is 0.478 e. The fourth-order valence-electron chi connectivity index (χ4n) is 4.21. The van der Waals surface area contributed by atoms with Gasteiger partial charge in [-0.05, 0) is 47.0 Å². The van der Waals surface area contributed by atoms with Gasteiger partial charge in [-0.3, -0.25) is 14.9 Å². The Morgan fingerprint density at radius 1 is 0.902 bits per heavy atom. The number of anilines is 2. The van der Waals surface area contributed by atoms with Gasteiger partial charge < -0.3 is 10.4 Å². The minimum absolute atomic E-state index is 0.0603. The van der Waals surface area contributed by atoms with E-state index in [1.165, 1.54) is 29.6 Å². The summed E-state index contributed by atoms with van der Waals surface area (Å²) in [4.78, 5) is 43.7. The Labute approximate surface area is 248 Å². The second kappa shape index (κ2) is 13.0. The van der Waals surface area contributed by atoms with E-state index in [2.05, 4.69) is 20.0 Å². The van der Waals surface area contributed by atoms with Gasteiger partial charge in [0.15, 0.2) is 0 Å². The molecule has 5 aromatic rings. The SMILES string of the molecule is CCSc1nsc(NC(=O)C(Sc2cccc(NC(=O)c3cccc4cccc(C(=O)O)c34)c2)c2ccccc2)n1. The van der Waals surface area contributed by atoms with Crippen LogP contribution in [0.4, 0.5) is 10.8 Å². The number of carboxylic acids is 1. The van der Waals surface area contributed by atoms with Crippen LogP contribution >= 0.6 is 35.1 Å². The van der Waals surface area contributed by atoms with Crippen molar-refractivity contribution in [1.29, 1.82) is 0 Å². The molecule has 1 atom stereocenters. The van der Waals surface area contributed by atoms with Crippen LogP contribution in [0.25, 0.3) is 10.8 Å². The van der Waals surface area contributed by atoms with E-state index in [1.807, 2.05) is 43.3 Å². The molecule has 0 aliphatic heterocycles. The first-order chi connectivity index (χ1) is 19.9. The number of rotatable bonds is 10. The van der Waals surface area contributed by atoms with Crippen LogP contribution in [-0.2, 0) is 4.79 Å². The lowest BCUT2D eigenvalue weighted by molar-refractivity contribution is -0.115. The molecule has 1 aromatic heterocycles. The van der Waals surface area contributed by atoms with Crippen molar-refractivity contribution in [3.05, 3.63) is 108 Å². The quantitative estimate of drug-likeness (QED) is 0.144. The summed E-state index contributed by atoms with van der Waals surface area (Å²) in [5, 5.41) is 17.0. The molecule has 0 spiro atoms. The summed E-state index contributed by atoms with van der Waals surface area (Å²) in [5.41, 5.74) is 1.65. The van der Waals surface area contributed by atoms with Crippen molar-refractivity contribution >= 4 is 74.4 Å². The van der Waals surface area contributed by atoms with E-state index in [1.54, 1.807) is 48.5 Å². The van der Waals surface area contributed by atoms with E-state index >= 15 is 0 Å². The molecule has 1 heterocycles. The van der Waals surface area contributed by atoms with Crippen LogP contribution in [0.2, 0.25) is 0 Å². The zero-order valence-electron chi connectivity index (χ0n) is 21.7. The van der Waals surface area contributed by atoms with Crippen molar-refractivity contribution in [2.24, 2.45) is 0 Å². The molecule has 4 aromatic carbocycles. The van der Waals surface area contributed by atoms with Crippen LogP contribution in [0, 0.1) is 0 Å². The number of aromatic carboxylic acids is 1. The average molecular weight is 601 g/mol. The highest BCUT2D eigenvalue weighted by Gasteiger charge is 2.24. The fourth-order valence-corrected chi connectivity index (χ4v) is 6.57. The van der Waals surface area contributed by atoms with Crippen LogP contribution in [0.3, 0.4) is 0 Å². The number of fused-ring (bicyclic) bond motifs is 1. The van der Waals surface area contributed by atoms with Crippen LogP contribution < -0.4 is 10.6 Å². The van der Waals surface area contributed by atoms with Crippen LogP contribution in [0.15, 0.2) is 101 Å². The van der Waals surface area contributed by atoms with Gasteiger partial charge in [0.25, 0.3) is 5.91 Å². The maximum atomic E-state index is 13.4. The number of carboxylic acid groups (broad SMARTS) is 1. The highest BCUT2D eigenvalue weighted by Crippen LogP contribution is 2.37. The molecule has 0 saturated heterocycles. The number of aromatic nitrogens is 2. The number of thioether (sulfide) groups is 2. The van der Waals surface area contributed by atoms with Crippen LogP contribution in [-0.4, -0.2) is 38.0 Å². The van der Waals surface area contributed by atoms with Gasteiger partial charge in [0, 0.05) is 33.1 Å². The van der Waals surface area contributed by atoms with Crippen molar-refractivity contribution in [2.75, 3.05) is 16.4 Å². The lowest BCUT2D eigenvalue weighted by atomic mass is 9.98. The molecule has 41 heavy (non-hydrogen) atoms. The molecule has 0 aliphatic rings. The van der Waals surface area contributed by atoms with Gasteiger partial charge in [-0.15, -0.1) is 11.8 Å². The van der Waals surface area contributed by atoms with Gasteiger partial charge in [-0.25, -0.2) is 4.79 Å². The molecule has 0 saturated carbocycles. The standard InChI is InChI=1S/C30H24N4O4S3/c1-2-39-30-33-29(41-34-30)32-27(36)25(19-9-4-3-5-10-19)40-21-14-8-13-20(17-21)31-26(35)22-15-6-11-18-12-7-16-23(24(18)22)28(37)38/h3-17,25H,2H2,1H3,(H,31,35)(H,37,38)(H,32,33,34,36). The third-order valence-electron chi connectivity index (χ3n) is 5.98. The number of carbonyl (C=O) groups is 3. The molecular formula is C30H24N4O4S3. The average Bonchev–Trinajstić information content (AvgIpc) is 3.42. The van der Waals surface area contributed by atoms with E-state index in [-0.39, 0.29) is 17.0 Å². The van der Waals surface area contributed by atoms with E-state index in [0.29, 0.717) is 26.7 Å². The predicted octanol–water partition coefficient (Wildman–Crippen LogP) is 7.23. The van der Waals surface area contributed by atoms with Gasteiger partial charge in [-0.2, -0.15) is 9.36 Å². The van der Waals surface area contributed by atoms with E-state index < -0.39 is 17.1 Å². The second-order valence-corrected chi connectivity index (χ2v) is 11.9. The van der Waals surface area contributed by atoms with Crippen molar-refractivity contribution in [2.45, 2.75) is 22.2 Å². The zero-order valence-corrected chi connectivity index (χ0v) is 24.2. The Morgan fingerprint density at radius 3 is 2.37 bits per heavy atom. The zero-order chi connectivity index (χ0) is 28.8. The molecule has 1 unspecified atom stereocenters. The van der Waals surface area contributed by atoms with Crippen molar-refractivity contribution in [1.82, 2.24) is 9.36 Å². The van der Waals surface area contributed by atoms with Crippen molar-refractivity contribution in [3.63, 3.8) is 0 Å². The number of hydrogen-bond acceptors (Lipinski definition) is 8. The highest BCUT2D eigenvalue weighted by atomic mass is 32.2. The summed E-state index contributed by atoms with van der Waals surface area (Å²) >= 11 is 3.99. The number of nitrogens with one attached hydrogen (secondary N) is 2. The predicted molar refractivity (Wildman–Crippen MR) is 165 cm³/mol. The van der Waals surface area contributed by atoms with E-state index in [4.69, 9.17) is 0 Å². The van der Waals surface area contributed by atoms with Gasteiger partial charge in [-0.1, -0.05) is 79.3 Å². The Balaban J connectivity index is 1.38. The lowest BCUT2D eigenvalue weighted by Crippen LogP contribution is -2.19. The molecule has 0 radical (unpaired) electrons. The molecule has 11 heteroatoms. The minimum Gasteiger partial charge on any atom is -0.478 e. The first kappa shape index (κ1) is 28.3. The molecule has 3 N–H and O–H groups in total. The number of benzene rings is 4. The van der Waals surface area contributed by atoms with Crippen LogP contribution in [0.5, 0.6) is 0 Å². The summed E-state index contributed by atoms with van der Waals surface area (Å²) < 4.78 is 4.27. The molecule has 2 amide bonds. The minimum atomic E-state index is -1.10. The molecular weight excluding hydrogens is 577 g/mol. The number of nitrogens with zero attached hydrogens (tertiary/aromatic N) is 2. The summed E-state index contributed by atoms with van der Waals surface area (Å²) in [5.74, 6) is -0.938. The van der Waals surface area contributed by atoms with Crippen LogP contribution in [0.1, 0.15) is 38.5 Å². The maximum Gasteiger partial charge on any atom is 0.336 e. The molecule has 0 fully saturated rings. The third-order valence-corrected chi connectivity index (χ3v) is 8.70. The van der Waals surface area contributed by atoms with Crippen molar-refractivity contribution in [3.8, 4) is 0 Å². The first-order valence-corrected chi connectivity index (χ1v) is 15.2. The van der Waals surface area contributed by atoms with Crippen molar-refractivity contribution < 1.29 is 19.5 Å². The molecule has 5 rings (SSSR count). The second-order valence-electron chi connectivity index (χ2n) is 8.71. The summed E-state index contributed by atoms with van der Waals surface area (Å²) in [6.07, 6.45) is 0. The summed E-state index contributed by atoms with van der Waals surface area (Å²) in [6.45, 7) is 2.01. The normalized spacial score (nSPS) is 11.6. The Bertz CT molecular complexity index is 1720. The highest BCUT2D eigenvalue weighted by molar-refractivity contribution is 8.00. The van der Waals surface area contributed by atoms with E-state index in [0.717, 1.165) is 27.7 Å². The topological polar surface area (TPSA) is 121 Å². The first-order valence-electron chi connectivity index (χ1n) is 12.6. The molecule has 8 nitrogen and oxygen atoms in total. The monoisotopic (exact) mass is 600 g/mol. The summed E-state index contributed by atoms with van der Waals surface area (Å²) in [7, 11) is 0. The molecule has 0 bridgehead atoms. The van der Waals surface area contributed by atoms with E-state index in [9.17, 15) is 19.5 Å². The lowest BCUT2D eigenvalue weighted by Gasteiger charge is -2.17. The van der Waals surface area contributed by atoms with Gasteiger partial charge in [0.2, 0.25) is 16.2 Å². The van der Waals surface area contributed by atoms with Gasteiger partial charge in [0.1, 0.15) is 5.25 Å². The number of carbonyl (C=O) groups excluding carboxylic acids is 2. The van der Waals surface area contributed by atoms with Gasteiger partial charge in [0.05, 0.1) is 5.56 Å². The summed E-state index contributed by atoms with van der Waals surface area (Å²) in [6, 6.07) is 26.6. The number of hydrogen-bond donors (Lipinski definition) is 3. The van der Waals surface area contributed by atoms with Gasteiger partial charge >= 0.3 is 5.97 Å². The molecule has 206 valence electrons. The molecule has 0 aliphatic carbocycles. The third kappa shape index (κ3) is 6.76. The number of amides is 2. The Morgan fingerprint density at radius 2 is 1.63 bits per heavy atom. The Hall–Kier alpha value is -4.19.